The standard InChI is InChI=1S/C17H19NO3S/c1-12-3-7-15(8-4-12)22(20,21)18-10-9-16-14(11-18)6-5-13(2)17(16)19/h3-8,19H,9-11H2,1-2H3. The van der Waals surface area contributed by atoms with E-state index in [9.17, 15) is 13.5 Å². The molecule has 1 aliphatic heterocycles. The summed E-state index contributed by atoms with van der Waals surface area (Å²) in [6.45, 7) is 4.48. The Morgan fingerprint density at radius 2 is 1.73 bits per heavy atom. The molecule has 2 aromatic carbocycles. The third kappa shape index (κ3) is 2.51. The van der Waals surface area contributed by atoms with E-state index in [4.69, 9.17) is 0 Å². The summed E-state index contributed by atoms with van der Waals surface area (Å²) in [7, 11) is -3.49. The van der Waals surface area contributed by atoms with Gasteiger partial charge in [0.05, 0.1) is 4.90 Å². The molecule has 5 heteroatoms. The summed E-state index contributed by atoms with van der Waals surface area (Å²) in [6.07, 6.45) is 0.536. The van der Waals surface area contributed by atoms with Gasteiger partial charge >= 0.3 is 0 Å². The van der Waals surface area contributed by atoms with Gasteiger partial charge in [0.2, 0.25) is 10.0 Å². The molecule has 0 aromatic heterocycles. The van der Waals surface area contributed by atoms with Crippen molar-refractivity contribution < 1.29 is 13.5 Å². The van der Waals surface area contributed by atoms with Crippen molar-refractivity contribution in [2.75, 3.05) is 6.54 Å². The van der Waals surface area contributed by atoms with Crippen LogP contribution in [0.25, 0.3) is 0 Å². The van der Waals surface area contributed by atoms with Gasteiger partial charge in [0.1, 0.15) is 5.75 Å². The molecule has 0 bridgehead atoms. The number of fused-ring (bicyclic) bond motifs is 1. The van der Waals surface area contributed by atoms with Crippen molar-refractivity contribution in [1.29, 1.82) is 0 Å². The first kappa shape index (κ1) is 15.1. The van der Waals surface area contributed by atoms with Crippen LogP contribution in [0.3, 0.4) is 0 Å². The Labute approximate surface area is 131 Å². The first-order chi connectivity index (χ1) is 10.4. The maximum atomic E-state index is 12.7. The average molecular weight is 317 g/mol. The van der Waals surface area contributed by atoms with E-state index in [-0.39, 0.29) is 0 Å². The fourth-order valence-corrected chi connectivity index (χ4v) is 4.21. The van der Waals surface area contributed by atoms with Crippen LogP contribution < -0.4 is 0 Å². The lowest BCUT2D eigenvalue weighted by molar-refractivity contribution is 0.380. The first-order valence-corrected chi connectivity index (χ1v) is 8.71. The molecule has 0 aliphatic carbocycles. The number of benzene rings is 2. The van der Waals surface area contributed by atoms with Crippen LogP contribution in [-0.2, 0) is 23.0 Å². The minimum atomic E-state index is -3.49. The zero-order valence-electron chi connectivity index (χ0n) is 12.7. The Morgan fingerprint density at radius 3 is 2.41 bits per heavy atom. The van der Waals surface area contributed by atoms with Crippen molar-refractivity contribution in [3.63, 3.8) is 0 Å². The van der Waals surface area contributed by atoms with E-state index in [1.807, 2.05) is 26.0 Å². The topological polar surface area (TPSA) is 57.6 Å². The third-order valence-electron chi connectivity index (χ3n) is 4.20. The summed E-state index contributed by atoms with van der Waals surface area (Å²) >= 11 is 0. The van der Waals surface area contributed by atoms with Crippen molar-refractivity contribution in [1.82, 2.24) is 4.31 Å². The van der Waals surface area contributed by atoms with Gasteiger partial charge in [-0.15, -0.1) is 0 Å². The van der Waals surface area contributed by atoms with Gasteiger partial charge < -0.3 is 5.11 Å². The van der Waals surface area contributed by atoms with Crippen LogP contribution in [0.15, 0.2) is 41.3 Å². The zero-order chi connectivity index (χ0) is 15.9. The SMILES string of the molecule is Cc1ccc(S(=O)(=O)N2CCc3c(ccc(C)c3O)C2)cc1. The molecule has 0 radical (unpaired) electrons. The van der Waals surface area contributed by atoms with E-state index in [0.29, 0.717) is 30.2 Å². The fourth-order valence-electron chi connectivity index (χ4n) is 2.79. The van der Waals surface area contributed by atoms with Crippen molar-refractivity contribution in [3.8, 4) is 5.75 Å². The van der Waals surface area contributed by atoms with Crippen LogP contribution in [-0.4, -0.2) is 24.4 Å². The second-order valence-electron chi connectivity index (χ2n) is 5.77. The molecule has 116 valence electrons. The van der Waals surface area contributed by atoms with Crippen LogP contribution in [0.1, 0.15) is 22.3 Å². The van der Waals surface area contributed by atoms with Crippen LogP contribution in [0.5, 0.6) is 5.75 Å². The van der Waals surface area contributed by atoms with Crippen molar-refractivity contribution in [2.24, 2.45) is 0 Å². The minimum Gasteiger partial charge on any atom is -0.507 e. The van der Waals surface area contributed by atoms with E-state index < -0.39 is 10.0 Å². The molecule has 0 fully saturated rings. The van der Waals surface area contributed by atoms with Gasteiger partial charge in [-0.05, 0) is 49.1 Å². The fraction of sp³-hybridized carbons (Fsp3) is 0.294. The summed E-state index contributed by atoms with van der Waals surface area (Å²) < 4.78 is 26.9. The number of phenols is 1. The highest BCUT2D eigenvalue weighted by molar-refractivity contribution is 7.89. The number of hydrogen-bond donors (Lipinski definition) is 1. The molecule has 1 aliphatic rings. The summed E-state index contributed by atoms with van der Waals surface area (Å²) in [5.74, 6) is 0.296. The molecule has 3 rings (SSSR count). The largest absolute Gasteiger partial charge is 0.507 e. The monoisotopic (exact) mass is 317 g/mol. The Bertz CT molecular complexity index is 811. The maximum Gasteiger partial charge on any atom is 0.243 e. The second kappa shape index (κ2) is 5.41. The van der Waals surface area contributed by atoms with Crippen molar-refractivity contribution in [2.45, 2.75) is 31.7 Å². The molecule has 0 spiro atoms. The van der Waals surface area contributed by atoms with Gasteiger partial charge in [-0.1, -0.05) is 29.8 Å². The molecule has 22 heavy (non-hydrogen) atoms. The predicted octanol–water partition coefficient (Wildman–Crippen LogP) is 2.76. The van der Waals surface area contributed by atoms with Gasteiger partial charge in [-0.2, -0.15) is 4.31 Å². The van der Waals surface area contributed by atoms with E-state index in [0.717, 1.165) is 22.3 Å². The lowest BCUT2D eigenvalue weighted by atomic mass is 9.97. The molecule has 1 heterocycles. The number of phenolic OH excluding ortho intramolecular Hbond substituents is 1. The van der Waals surface area contributed by atoms with Crippen molar-refractivity contribution >= 4 is 10.0 Å². The lowest BCUT2D eigenvalue weighted by Gasteiger charge is -2.29. The molecular formula is C17H19NO3S. The number of aryl methyl sites for hydroxylation is 2. The molecular weight excluding hydrogens is 298 g/mol. The Morgan fingerprint density at radius 1 is 1.05 bits per heavy atom. The van der Waals surface area contributed by atoms with Crippen molar-refractivity contribution in [3.05, 3.63) is 58.7 Å². The average Bonchev–Trinajstić information content (AvgIpc) is 2.51. The van der Waals surface area contributed by atoms with E-state index in [2.05, 4.69) is 0 Å². The number of rotatable bonds is 2. The van der Waals surface area contributed by atoms with Crippen LogP contribution in [0.2, 0.25) is 0 Å². The summed E-state index contributed by atoms with van der Waals surface area (Å²) in [4.78, 5) is 0.317. The molecule has 0 saturated heterocycles. The number of aromatic hydroxyl groups is 1. The van der Waals surface area contributed by atoms with Gasteiger partial charge in [0.25, 0.3) is 0 Å². The Hall–Kier alpha value is -1.85. The summed E-state index contributed by atoms with van der Waals surface area (Å²) in [5.41, 5.74) is 3.61. The minimum absolute atomic E-state index is 0.296. The highest BCUT2D eigenvalue weighted by atomic mass is 32.2. The molecule has 2 aromatic rings. The Kier molecular flexibility index (Phi) is 3.70. The first-order valence-electron chi connectivity index (χ1n) is 7.27. The maximum absolute atomic E-state index is 12.7. The smallest absolute Gasteiger partial charge is 0.243 e. The highest BCUT2D eigenvalue weighted by Crippen LogP contribution is 2.32. The quantitative estimate of drug-likeness (QED) is 0.926. The molecule has 0 atom stereocenters. The molecule has 4 nitrogen and oxygen atoms in total. The van der Waals surface area contributed by atoms with Gasteiger partial charge in [0, 0.05) is 13.1 Å². The molecule has 0 unspecified atom stereocenters. The number of sulfonamides is 1. The number of hydrogen-bond acceptors (Lipinski definition) is 3. The van der Waals surface area contributed by atoms with Gasteiger partial charge in [-0.25, -0.2) is 8.42 Å². The van der Waals surface area contributed by atoms with Gasteiger partial charge in [0.15, 0.2) is 0 Å². The van der Waals surface area contributed by atoms with E-state index in [1.165, 1.54) is 4.31 Å². The van der Waals surface area contributed by atoms with E-state index >= 15 is 0 Å². The van der Waals surface area contributed by atoms with E-state index in [1.54, 1.807) is 24.3 Å². The summed E-state index contributed by atoms with van der Waals surface area (Å²) in [6, 6.07) is 10.6. The zero-order valence-corrected chi connectivity index (χ0v) is 13.5. The molecule has 0 saturated carbocycles. The lowest BCUT2D eigenvalue weighted by Crippen LogP contribution is -2.36. The van der Waals surface area contributed by atoms with Gasteiger partial charge in [-0.3, -0.25) is 0 Å². The molecule has 0 amide bonds. The Balaban J connectivity index is 1.94. The number of nitrogens with zero attached hydrogens (tertiary/aromatic N) is 1. The normalized spacial score (nSPS) is 15.5. The summed E-state index contributed by atoms with van der Waals surface area (Å²) in [5, 5.41) is 10.1. The highest BCUT2D eigenvalue weighted by Gasteiger charge is 2.29. The molecule has 1 N–H and O–H groups in total. The predicted molar refractivity (Wildman–Crippen MR) is 85.3 cm³/mol. The van der Waals surface area contributed by atoms with Crippen LogP contribution >= 0.6 is 0 Å². The second-order valence-corrected chi connectivity index (χ2v) is 7.71. The van der Waals surface area contributed by atoms with Crippen LogP contribution in [0, 0.1) is 13.8 Å². The van der Waals surface area contributed by atoms with Crippen LogP contribution in [0.4, 0.5) is 0 Å². The third-order valence-corrected chi connectivity index (χ3v) is 6.06.